The molecule has 0 N–H and O–H groups in total. The zero-order valence-corrected chi connectivity index (χ0v) is 16.1. The third-order valence-electron chi connectivity index (χ3n) is 6.30. The van der Waals surface area contributed by atoms with Crippen LogP contribution in [0.3, 0.4) is 0 Å². The summed E-state index contributed by atoms with van der Waals surface area (Å²) in [7, 11) is 0. The molecule has 5 heterocycles. The first-order valence-electron chi connectivity index (χ1n) is 10.2. The number of anilines is 1. The smallest absolute Gasteiger partial charge is 0.255 e. The summed E-state index contributed by atoms with van der Waals surface area (Å²) in [5.74, 6) is -0.839. The van der Waals surface area contributed by atoms with E-state index in [1.165, 1.54) is 0 Å². The lowest BCUT2D eigenvalue weighted by atomic mass is 10.0. The molecule has 4 aliphatic heterocycles. The van der Waals surface area contributed by atoms with Crippen molar-refractivity contribution in [3.8, 4) is 0 Å². The van der Waals surface area contributed by atoms with E-state index in [0.717, 1.165) is 44.5 Å². The number of nitrogens with zero attached hydrogens (tertiary/aromatic N) is 3. The zero-order valence-electron chi connectivity index (χ0n) is 16.1. The standard InChI is InChI=1S/C20H27N3O5/c24-18(23-7-3-20(4-8-23)27-11-12-28-20)16-13-17(15-21-14-16)22-5-1-19(2-6-22)25-9-10-26-19/h13-15H,1-12H2. The summed E-state index contributed by atoms with van der Waals surface area (Å²) in [6.07, 6.45) is 6.60. The van der Waals surface area contributed by atoms with Crippen LogP contribution in [-0.2, 0) is 18.9 Å². The van der Waals surface area contributed by atoms with E-state index in [0.29, 0.717) is 45.1 Å². The maximum Gasteiger partial charge on any atom is 0.255 e. The van der Waals surface area contributed by atoms with Gasteiger partial charge >= 0.3 is 0 Å². The Bertz CT molecular complexity index is 710. The number of hydrogen-bond donors (Lipinski definition) is 0. The molecule has 0 atom stereocenters. The number of amides is 1. The first-order valence-corrected chi connectivity index (χ1v) is 10.2. The Morgan fingerprint density at radius 1 is 0.821 bits per heavy atom. The van der Waals surface area contributed by atoms with Crippen LogP contribution in [0.1, 0.15) is 36.0 Å². The highest BCUT2D eigenvalue weighted by Gasteiger charge is 2.41. The fourth-order valence-corrected chi connectivity index (χ4v) is 4.63. The van der Waals surface area contributed by atoms with Crippen molar-refractivity contribution in [3.63, 3.8) is 0 Å². The van der Waals surface area contributed by atoms with Gasteiger partial charge in [0.25, 0.3) is 5.91 Å². The molecular formula is C20H27N3O5. The number of aromatic nitrogens is 1. The molecule has 0 aromatic carbocycles. The Kier molecular flexibility index (Phi) is 4.74. The minimum absolute atomic E-state index is 0.0261. The van der Waals surface area contributed by atoms with Crippen molar-refractivity contribution in [2.24, 2.45) is 0 Å². The van der Waals surface area contributed by atoms with Crippen LogP contribution in [0.4, 0.5) is 5.69 Å². The van der Waals surface area contributed by atoms with Gasteiger partial charge in [0.2, 0.25) is 0 Å². The van der Waals surface area contributed by atoms with Gasteiger partial charge in [-0.1, -0.05) is 0 Å². The Hall–Kier alpha value is -1.74. The predicted octanol–water partition coefficient (Wildman–Crippen LogP) is 1.40. The molecule has 5 rings (SSSR count). The highest BCUT2D eigenvalue weighted by atomic mass is 16.7. The number of rotatable bonds is 2. The zero-order chi connectivity index (χ0) is 19.0. The molecule has 8 nitrogen and oxygen atoms in total. The number of carbonyl (C=O) groups excluding carboxylic acids is 1. The fraction of sp³-hybridized carbons (Fsp3) is 0.700. The molecule has 8 heteroatoms. The molecule has 1 aromatic heterocycles. The average molecular weight is 389 g/mol. The van der Waals surface area contributed by atoms with E-state index in [-0.39, 0.29) is 5.91 Å². The topological polar surface area (TPSA) is 73.4 Å². The lowest BCUT2D eigenvalue weighted by Crippen LogP contribution is -2.47. The van der Waals surface area contributed by atoms with Crippen molar-refractivity contribution in [1.29, 1.82) is 0 Å². The van der Waals surface area contributed by atoms with Crippen LogP contribution in [0.15, 0.2) is 18.5 Å². The number of piperidine rings is 2. The summed E-state index contributed by atoms with van der Waals surface area (Å²) >= 11 is 0. The van der Waals surface area contributed by atoms with E-state index in [4.69, 9.17) is 18.9 Å². The molecule has 0 bridgehead atoms. The van der Waals surface area contributed by atoms with Crippen LogP contribution in [-0.4, -0.2) is 80.0 Å². The second-order valence-corrected chi connectivity index (χ2v) is 7.93. The molecule has 0 unspecified atom stereocenters. The summed E-state index contributed by atoms with van der Waals surface area (Å²) in [5.41, 5.74) is 1.62. The van der Waals surface area contributed by atoms with Crippen molar-refractivity contribution < 1.29 is 23.7 Å². The number of likely N-dealkylation sites (tertiary alicyclic amines) is 1. The average Bonchev–Trinajstić information content (AvgIpc) is 3.39. The molecule has 4 saturated heterocycles. The second kappa shape index (κ2) is 7.26. The van der Waals surface area contributed by atoms with Crippen molar-refractivity contribution in [1.82, 2.24) is 9.88 Å². The van der Waals surface area contributed by atoms with Crippen LogP contribution in [0, 0.1) is 0 Å². The minimum atomic E-state index is -0.467. The number of carbonyl (C=O) groups is 1. The molecule has 1 aromatic rings. The van der Waals surface area contributed by atoms with Gasteiger partial charge in [-0.25, -0.2) is 0 Å². The van der Waals surface area contributed by atoms with Crippen molar-refractivity contribution in [2.75, 3.05) is 57.5 Å². The SMILES string of the molecule is O=C(c1cncc(N2CCC3(CC2)OCCO3)c1)N1CCC2(CC1)OCCO2. The molecule has 0 radical (unpaired) electrons. The third kappa shape index (κ3) is 3.39. The maximum absolute atomic E-state index is 13.0. The lowest BCUT2D eigenvalue weighted by Gasteiger charge is -2.39. The highest BCUT2D eigenvalue weighted by molar-refractivity contribution is 5.94. The summed E-state index contributed by atoms with van der Waals surface area (Å²) in [5, 5.41) is 0. The van der Waals surface area contributed by atoms with E-state index in [2.05, 4.69) is 9.88 Å². The number of hydrogen-bond acceptors (Lipinski definition) is 7. The molecule has 28 heavy (non-hydrogen) atoms. The summed E-state index contributed by atoms with van der Waals surface area (Å²) in [6, 6.07) is 1.95. The maximum atomic E-state index is 13.0. The molecule has 2 spiro atoms. The normalized spacial score (nSPS) is 26.3. The van der Waals surface area contributed by atoms with Gasteiger partial charge in [-0.2, -0.15) is 0 Å². The molecule has 0 saturated carbocycles. The van der Waals surface area contributed by atoms with E-state index in [1.54, 1.807) is 6.20 Å². The van der Waals surface area contributed by atoms with Gasteiger partial charge in [0, 0.05) is 58.1 Å². The fourth-order valence-electron chi connectivity index (χ4n) is 4.63. The van der Waals surface area contributed by atoms with Crippen LogP contribution >= 0.6 is 0 Å². The van der Waals surface area contributed by atoms with Gasteiger partial charge in [0.1, 0.15) is 0 Å². The molecule has 4 aliphatic rings. The first-order chi connectivity index (χ1) is 13.7. The van der Waals surface area contributed by atoms with Gasteiger partial charge in [-0.3, -0.25) is 9.78 Å². The van der Waals surface area contributed by atoms with Gasteiger partial charge in [0.15, 0.2) is 11.6 Å². The quantitative estimate of drug-likeness (QED) is 0.757. The van der Waals surface area contributed by atoms with Crippen LogP contribution in [0.5, 0.6) is 0 Å². The van der Waals surface area contributed by atoms with E-state index >= 15 is 0 Å². The summed E-state index contributed by atoms with van der Waals surface area (Å²) < 4.78 is 23.1. The Labute approximate surface area is 164 Å². The largest absolute Gasteiger partial charge is 0.370 e. The molecule has 4 fully saturated rings. The van der Waals surface area contributed by atoms with Gasteiger partial charge < -0.3 is 28.7 Å². The second-order valence-electron chi connectivity index (χ2n) is 7.93. The Morgan fingerprint density at radius 3 is 1.93 bits per heavy atom. The third-order valence-corrected chi connectivity index (χ3v) is 6.30. The number of pyridine rings is 1. The predicted molar refractivity (Wildman–Crippen MR) is 100 cm³/mol. The highest BCUT2D eigenvalue weighted by Crippen LogP contribution is 2.34. The first kappa shape index (κ1) is 18.3. The van der Waals surface area contributed by atoms with Gasteiger partial charge in [-0.15, -0.1) is 0 Å². The lowest BCUT2D eigenvalue weighted by molar-refractivity contribution is -0.181. The van der Waals surface area contributed by atoms with Crippen molar-refractivity contribution in [2.45, 2.75) is 37.3 Å². The molecule has 1 amide bonds. The molecule has 0 aliphatic carbocycles. The van der Waals surface area contributed by atoms with E-state index in [9.17, 15) is 4.79 Å². The Morgan fingerprint density at radius 2 is 1.36 bits per heavy atom. The van der Waals surface area contributed by atoms with E-state index in [1.807, 2.05) is 17.2 Å². The number of ether oxygens (including phenoxy) is 4. The van der Waals surface area contributed by atoms with Crippen LogP contribution < -0.4 is 4.90 Å². The van der Waals surface area contributed by atoms with Crippen molar-refractivity contribution in [3.05, 3.63) is 24.0 Å². The molecular weight excluding hydrogens is 362 g/mol. The minimum Gasteiger partial charge on any atom is -0.370 e. The molecule has 152 valence electrons. The van der Waals surface area contributed by atoms with Crippen LogP contribution in [0.2, 0.25) is 0 Å². The van der Waals surface area contributed by atoms with Crippen molar-refractivity contribution >= 4 is 11.6 Å². The monoisotopic (exact) mass is 389 g/mol. The Balaban J connectivity index is 1.22. The summed E-state index contributed by atoms with van der Waals surface area (Å²) in [4.78, 5) is 21.5. The van der Waals surface area contributed by atoms with Gasteiger partial charge in [0.05, 0.1) is 43.9 Å². The van der Waals surface area contributed by atoms with Crippen LogP contribution in [0.25, 0.3) is 0 Å². The van der Waals surface area contributed by atoms with E-state index < -0.39 is 11.6 Å². The summed E-state index contributed by atoms with van der Waals surface area (Å²) in [6.45, 7) is 5.60. The van der Waals surface area contributed by atoms with Gasteiger partial charge in [-0.05, 0) is 6.07 Å².